The van der Waals surface area contributed by atoms with Gasteiger partial charge in [-0.25, -0.2) is 0 Å². The molecule has 1 rings (SSSR count). The first-order valence-electron chi connectivity index (χ1n) is 7.28. The zero-order valence-corrected chi connectivity index (χ0v) is 13.7. The maximum atomic E-state index is 9.66. The van der Waals surface area contributed by atoms with Gasteiger partial charge >= 0.3 is 0 Å². The highest BCUT2D eigenvalue weighted by atomic mass is 35.5. The van der Waals surface area contributed by atoms with E-state index in [4.69, 9.17) is 16.3 Å². The van der Waals surface area contributed by atoms with Crippen molar-refractivity contribution in [3.05, 3.63) is 28.8 Å². The van der Waals surface area contributed by atoms with Gasteiger partial charge in [-0.3, -0.25) is 0 Å². The summed E-state index contributed by atoms with van der Waals surface area (Å²) in [6, 6.07) is 6.35. The summed E-state index contributed by atoms with van der Waals surface area (Å²) in [5.74, 6) is 0. The molecule has 0 aliphatic heterocycles. The Kier molecular flexibility index (Phi) is 7.35. The van der Waals surface area contributed by atoms with Crippen molar-refractivity contribution >= 4 is 17.3 Å². The van der Waals surface area contributed by atoms with E-state index in [0.717, 1.165) is 30.6 Å². The van der Waals surface area contributed by atoms with Crippen molar-refractivity contribution < 1.29 is 9.84 Å². The molecule has 0 aliphatic rings. The second kappa shape index (κ2) is 8.50. The van der Waals surface area contributed by atoms with E-state index in [1.165, 1.54) is 0 Å². The highest BCUT2D eigenvalue weighted by molar-refractivity contribution is 6.31. The predicted octanol–water partition coefficient (Wildman–Crippen LogP) is 4.03. The lowest BCUT2D eigenvalue weighted by molar-refractivity contribution is 0.199. The largest absolute Gasteiger partial charge is 0.389 e. The number of hydrogen-bond donors (Lipinski definition) is 1. The van der Waals surface area contributed by atoms with Gasteiger partial charge in [0.15, 0.2) is 0 Å². The van der Waals surface area contributed by atoms with E-state index in [9.17, 15) is 5.11 Å². The molecule has 1 atom stereocenters. The number of ether oxygens (including phenoxy) is 1. The summed E-state index contributed by atoms with van der Waals surface area (Å²) >= 11 is 6.28. The minimum Gasteiger partial charge on any atom is -0.389 e. The average molecular weight is 300 g/mol. The molecule has 1 N–H and O–H groups in total. The van der Waals surface area contributed by atoms with Crippen LogP contribution in [0.3, 0.4) is 0 Å². The predicted molar refractivity (Wildman–Crippen MR) is 85.7 cm³/mol. The number of benzene rings is 1. The lowest BCUT2D eigenvalue weighted by atomic mass is 10.1. The average Bonchev–Trinajstić information content (AvgIpc) is 2.43. The monoisotopic (exact) mass is 299 g/mol. The van der Waals surface area contributed by atoms with E-state index < -0.39 is 6.10 Å². The Morgan fingerprint density at radius 3 is 2.40 bits per heavy atom. The van der Waals surface area contributed by atoms with Crippen molar-refractivity contribution in [3.8, 4) is 0 Å². The second-order valence-corrected chi connectivity index (χ2v) is 5.45. The first kappa shape index (κ1) is 17.3. The van der Waals surface area contributed by atoms with Crippen LogP contribution in [0.2, 0.25) is 5.02 Å². The molecule has 0 bridgehead atoms. The SMILES string of the molecule is CCC(CC)N(CCOC)c1ccc(C(C)O)c(Cl)c1. The number of methoxy groups -OCH3 is 1. The first-order chi connectivity index (χ1) is 9.54. The Labute approximate surface area is 127 Å². The molecule has 0 aliphatic carbocycles. The fraction of sp³-hybridized carbons (Fsp3) is 0.625. The first-order valence-corrected chi connectivity index (χ1v) is 7.65. The van der Waals surface area contributed by atoms with Crippen LogP contribution in [0.15, 0.2) is 18.2 Å². The highest BCUT2D eigenvalue weighted by Gasteiger charge is 2.17. The number of halogens is 1. The molecule has 20 heavy (non-hydrogen) atoms. The van der Waals surface area contributed by atoms with E-state index in [1.807, 2.05) is 18.2 Å². The van der Waals surface area contributed by atoms with Crippen molar-refractivity contribution in [1.29, 1.82) is 0 Å². The van der Waals surface area contributed by atoms with Gasteiger partial charge in [-0.05, 0) is 37.5 Å². The summed E-state index contributed by atoms with van der Waals surface area (Å²) in [6.07, 6.45) is 1.61. The minimum atomic E-state index is -0.544. The van der Waals surface area contributed by atoms with Gasteiger partial charge in [0.25, 0.3) is 0 Å². The number of anilines is 1. The fourth-order valence-electron chi connectivity index (χ4n) is 2.48. The third-order valence-electron chi connectivity index (χ3n) is 3.69. The van der Waals surface area contributed by atoms with Crippen LogP contribution < -0.4 is 4.90 Å². The zero-order chi connectivity index (χ0) is 15.1. The molecular formula is C16H26ClNO2. The van der Waals surface area contributed by atoms with Gasteiger partial charge in [-0.15, -0.1) is 0 Å². The molecular weight excluding hydrogens is 274 g/mol. The molecule has 1 aromatic rings. The van der Waals surface area contributed by atoms with Gasteiger partial charge in [-0.2, -0.15) is 0 Å². The van der Waals surface area contributed by atoms with E-state index in [0.29, 0.717) is 17.7 Å². The van der Waals surface area contributed by atoms with Crippen molar-refractivity contribution in [2.24, 2.45) is 0 Å². The molecule has 1 unspecified atom stereocenters. The molecule has 1 aromatic carbocycles. The Morgan fingerprint density at radius 1 is 1.30 bits per heavy atom. The molecule has 3 nitrogen and oxygen atoms in total. The van der Waals surface area contributed by atoms with Crippen LogP contribution in [0, 0.1) is 0 Å². The van der Waals surface area contributed by atoms with Crippen LogP contribution in [-0.4, -0.2) is 31.4 Å². The summed E-state index contributed by atoms with van der Waals surface area (Å²) in [5.41, 5.74) is 1.86. The maximum absolute atomic E-state index is 9.66. The van der Waals surface area contributed by atoms with Gasteiger partial charge in [0.1, 0.15) is 0 Å². The maximum Gasteiger partial charge on any atom is 0.0776 e. The van der Waals surface area contributed by atoms with Gasteiger partial charge in [0, 0.05) is 30.4 Å². The number of aliphatic hydroxyl groups is 1. The van der Waals surface area contributed by atoms with Gasteiger partial charge in [0.2, 0.25) is 0 Å². The van der Waals surface area contributed by atoms with E-state index in [1.54, 1.807) is 14.0 Å². The van der Waals surface area contributed by atoms with Crippen molar-refractivity contribution in [2.75, 3.05) is 25.2 Å². The number of aliphatic hydroxyl groups excluding tert-OH is 1. The molecule has 0 fully saturated rings. The molecule has 0 heterocycles. The van der Waals surface area contributed by atoms with E-state index >= 15 is 0 Å². The van der Waals surface area contributed by atoms with Gasteiger partial charge < -0.3 is 14.7 Å². The van der Waals surface area contributed by atoms with Crippen molar-refractivity contribution in [3.63, 3.8) is 0 Å². The lowest BCUT2D eigenvalue weighted by Gasteiger charge is -2.33. The van der Waals surface area contributed by atoms with Crippen LogP contribution in [0.4, 0.5) is 5.69 Å². The van der Waals surface area contributed by atoms with Crippen LogP contribution in [-0.2, 0) is 4.74 Å². The summed E-state index contributed by atoms with van der Waals surface area (Å²) < 4.78 is 5.21. The van der Waals surface area contributed by atoms with E-state index in [2.05, 4.69) is 18.7 Å². The zero-order valence-electron chi connectivity index (χ0n) is 12.9. The minimum absolute atomic E-state index is 0.471. The fourth-order valence-corrected chi connectivity index (χ4v) is 2.81. The molecule has 0 aromatic heterocycles. The standard InChI is InChI=1S/C16H26ClNO2/c1-5-13(6-2)18(9-10-20-4)14-7-8-15(12(3)19)16(17)11-14/h7-8,11-13,19H,5-6,9-10H2,1-4H3. The second-order valence-electron chi connectivity index (χ2n) is 5.04. The third kappa shape index (κ3) is 4.37. The highest BCUT2D eigenvalue weighted by Crippen LogP contribution is 2.29. The van der Waals surface area contributed by atoms with Crippen LogP contribution in [0.25, 0.3) is 0 Å². The van der Waals surface area contributed by atoms with Crippen molar-refractivity contribution in [1.82, 2.24) is 0 Å². The third-order valence-corrected chi connectivity index (χ3v) is 4.01. The summed E-state index contributed by atoms with van der Waals surface area (Å²) in [5, 5.41) is 10.3. The molecule has 0 saturated carbocycles. The molecule has 0 spiro atoms. The molecule has 0 saturated heterocycles. The molecule has 114 valence electrons. The Morgan fingerprint density at radius 2 is 1.95 bits per heavy atom. The normalized spacial score (nSPS) is 12.8. The Bertz CT molecular complexity index is 405. The van der Waals surface area contributed by atoms with E-state index in [-0.39, 0.29) is 0 Å². The number of rotatable bonds is 8. The molecule has 0 amide bonds. The molecule has 4 heteroatoms. The Hall–Kier alpha value is -0.770. The van der Waals surface area contributed by atoms with Crippen LogP contribution in [0.5, 0.6) is 0 Å². The van der Waals surface area contributed by atoms with Crippen LogP contribution in [0.1, 0.15) is 45.3 Å². The smallest absolute Gasteiger partial charge is 0.0776 e. The summed E-state index contributed by atoms with van der Waals surface area (Å²) in [6.45, 7) is 7.64. The quantitative estimate of drug-likeness (QED) is 0.786. The van der Waals surface area contributed by atoms with Gasteiger partial charge in [0.05, 0.1) is 12.7 Å². The van der Waals surface area contributed by atoms with Crippen molar-refractivity contribution in [2.45, 2.75) is 45.8 Å². The molecule has 0 radical (unpaired) electrons. The lowest BCUT2D eigenvalue weighted by Crippen LogP contribution is -2.37. The topological polar surface area (TPSA) is 32.7 Å². The number of nitrogens with zero attached hydrogens (tertiary/aromatic N) is 1. The summed E-state index contributed by atoms with van der Waals surface area (Å²) in [7, 11) is 1.72. The Balaban J connectivity index is 3.03. The van der Waals surface area contributed by atoms with Gasteiger partial charge in [-0.1, -0.05) is 31.5 Å². The summed E-state index contributed by atoms with van der Waals surface area (Å²) in [4.78, 5) is 2.33. The number of hydrogen-bond acceptors (Lipinski definition) is 3. The van der Waals surface area contributed by atoms with Crippen LogP contribution >= 0.6 is 11.6 Å².